The summed E-state index contributed by atoms with van der Waals surface area (Å²) in [7, 11) is -2.00. The van der Waals surface area contributed by atoms with Crippen LogP contribution in [0.2, 0.25) is 0 Å². The minimum atomic E-state index is -2.00. The van der Waals surface area contributed by atoms with Gasteiger partial charge in [0, 0.05) is 0 Å². The van der Waals surface area contributed by atoms with Crippen LogP contribution < -0.4 is 10.6 Å². The predicted molar refractivity (Wildman–Crippen MR) is 40.3 cm³/mol. The zero-order valence-corrected chi connectivity index (χ0v) is 6.91. The van der Waals surface area contributed by atoms with Gasteiger partial charge in [0.05, 0.1) is 7.77 Å². The fourth-order valence-corrected chi connectivity index (χ4v) is 1.09. The molecule has 4 N–H and O–H groups in total. The van der Waals surface area contributed by atoms with Crippen molar-refractivity contribution in [2.45, 2.75) is 13.0 Å². The van der Waals surface area contributed by atoms with Gasteiger partial charge in [-0.25, -0.2) is 0 Å². The third-order valence-electron chi connectivity index (χ3n) is 1.24. The molecular weight excluding hydrogens is 169 g/mol. The molecule has 0 saturated carbocycles. The Morgan fingerprint density at radius 1 is 1.82 bits per heavy atom. The van der Waals surface area contributed by atoms with Gasteiger partial charge in [0.15, 0.2) is 12.4 Å². The summed E-state index contributed by atoms with van der Waals surface area (Å²) in [5, 5.41) is 16.8. The highest BCUT2D eigenvalue weighted by Crippen LogP contribution is 2.12. The Hall–Kier alpha value is -0.480. The summed E-state index contributed by atoms with van der Waals surface area (Å²) in [5.41, 5.74) is 5.11. The van der Waals surface area contributed by atoms with Gasteiger partial charge in [-0.15, -0.1) is 0 Å². The normalized spacial score (nSPS) is 15.6. The second kappa shape index (κ2) is 4.41. The Kier molecular flexibility index (Phi) is 4.22. The van der Waals surface area contributed by atoms with Crippen LogP contribution >= 0.6 is 7.77 Å². The molecule has 0 amide bonds. The minimum Gasteiger partial charge on any atom is -0.629 e. The summed E-state index contributed by atoms with van der Waals surface area (Å²) >= 11 is 0. The van der Waals surface area contributed by atoms with Crippen molar-refractivity contribution >= 4 is 19.0 Å². The highest BCUT2D eigenvalue weighted by molar-refractivity contribution is 7.51. The smallest absolute Gasteiger partial charge is 0.328 e. The molecule has 1 unspecified atom stereocenters. The van der Waals surface area contributed by atoms with Gasteiger partial charge in [0.25, 0.3) is 0 Å². The number of hydrogen-bond acceptors (Lipinski definition) is 4. The third kappa shape index (κ3) is 2.95. The number of nitrogens with two attached hydrogens (primary N) is 1. The maximum absolute atomic E-state index is 10.8. The second-order valence-corrected chi connectivity index (χ2v) is 3.72. The van der Waals surface area contributed by atoms with Crippen molar-refractivity contribution in [3.8, 4) is 0 Å². The molecule has 0 aromatic heterocycles. The molecule has 5 nitrogen and oxygen atoms in total. The molecule has 0 radical (unpaired) electrons. The largest absolute Gasteiger partial charge is 0.629 e. The molecule has 0 bridgehead atoms. The van der Waals surface area contributed by atoms with Gasteiger partial charge in [0.2, 0.25) is 0 Å². The summed E-state index contributed by atoms with van der Waals surface area (Å²) < 4.78 is 0. The molecular formula is C5H10NO4P. The van der Waals surface area contributed by atoms with Crippen LogP contribution in [0.4, 0.5) is 0 Å². The monoisotopic (exact) mass is 179 g/mol. The van der Waals surface area contributed by atoms with Gasteiger partial charge in [-0.1, -0.05) is 0 Å². The number of rotatable bonds is 3. The summed E-state index contributed by atoms with van der Waals surface area (Å²) in [5.74, 6) is -1.24. The van der Waals surface area contributed by atoms with Gasteiger partial charge >= 0.3 is 5.97 Å². The predicted octanol–water partition coefficient (Wildman–Crippen LogP) is -1.70. The number of carbonyl (C=O) groups is 1. The van der Waals surface area contributed by atoms with Crippen LogP contribution in [-0.4, -0.2) is 33.9 Å². The van der Waals surface area contributed by atoms with Crippen molar-refractivity contribution < 1.29 is 19.9 Å². The Labute approximate surface area is 64.9 Å². The molecule has 0 aromatic rings. The van der Waals surface area contributed by atoms with E-state index in [0.29, 0.717) is 0 Å². The van der Waals surface area contributed by atoms with Crippen molar-refractivity contribution in [3.05, 3.63) is 0 Å². The van der Waals surface area contributed by atoms with Crippen molar-refractivity contribution in [3.63, 3.8) is 0 Å². The van der Waals surface area contributed by atoms with Crippen LogP contribution in [0.1, 0.15) is 6.92 Å². The summed E-state index contributed by atoms with van der Waals surface area (Å²) in [6.07, 6.45) is -0.553. The molecule has 0 fully saturated rings. The SMILES string of the molecule is CC([C@@H](N)C(=O)O)=[P+]([O-])CO. The van der Waals surface area contributed by atoms with Crippen molar-refractivity contribution in [2.75, 3.05) is 6.35 Å². The van der Waals surface area contributed by atoms with E-state index < -0.39 is 26.1 Å². The molecule has 0 aliphatic carbocycles. The Balaban J connectivity index is 4.46. The number of hydrogen-bond donors (Lipinski definition) is 3. The lowest BCUT2D eigenvalue weighted by atomic mass is 10.2. The Morgan fingerprint density at radius 2 is 2.27 bits per heavy atom. The lowest BCUT2D eigenvalue weighted by Crippen LogP contribution is -2.37. The fourth-order valence-electron chi connectivity index (χ4n) is 0.445. The summed E-state index contributed by atoms with van der Waals surface area (Å²) in [6, 6.07) is -1.24. The molecule has 0 aliphatic heterocycles. The zero-order chi connectivity index (χ0) is 9.02. The van der Waals surface area contributed by atoms with E-state index in [1.165, 1.54) is 6.92 Å². The fraction of sp³-hybridized carbons (Fsp3) is 0.600. The summed E-state index contributed by atoms with van der Waals surface area (Å²) in [6.45, 7) is 1.35. The summed E-state index contributed by atoms with van der Waals surface area (Å²) in [4.78, 5) is 21.0. The first-order valence-electron chi connectivity index (χ1n) is 2.88. The molecule has 0 heterocycles. The zero-order valence-electron chi connectivity index (χ0n) is 6.02. The molecule has 64 valence electrons. The van der Waals surface area contributed by atoms with Crippen LogP contribution in [-0.2, 0) is 4.79 Å². The average Bonchev–Trinajstić information content (AvgIpc) is 2.00. The van der Waals surface area contributed by atoms with E-state index >= 15 is 0 Å². The highest BCUT2D eigenvalue weighted by atomic mass is 31.1. The quantitative estimate of drug-likeness (QED) is 0.447. The van der Waals surface area contributed by atoms with Gasteiger partial charge in [0.1, 0.15) is 5.29 Å². The van der Waals surface area contributed by atoms with E-state index in [-0.39, 0.29) is 5.29 Å². The van der Waals surface area contributed by atoms with E-state index in [1.54, 1.807) is 0 Å². The number of carboxylic acids is 1. The van der Waals surface area contributed by atoms with Crippen LogP contribution in [0.15, 0.2) is 0 Å². The van der Waals surface area contributed by atoms with E-state index in [2.05, 4.69) is 0 Å². The van der Waals surface area contributed by atoms with E-state index in [1.807, 2.05) is 0 Å². The van der Waals surface area contributed by atoms with E-state index in [4.69, 9.17) is 15.9 Å². The average molecular weight is 179 g/mol. The first-order chi connectivity index (χ1) is 5.00. The van der Waals surface area contributed by atoms with Crippen molar-refractivity contribution in [2.24, 2.45) is 5.73 Å². The second-order valence-electron chi connectivity index (χ2n) is 1.98. The van der Waals surface area contributed by atoms with Crippen molar-refractivity contribution in [1.29, 1.82) is 0 Å². The Morgan fingerprint density at radius 3 is 2.55 bits per heavy atom. The standard InChI is InChI=1S/C5H10NO4P/c1-3(11(10)2-7)4(6)5(8)9/h4,7H,2,6H2,1H3,(H,8,9)/t4-/m1/s1. The van der Waals surface area contributed by atoms with Crippen LogP contribution in [0.3, 0.4) is 0 Å². The van der Waals surface area contributed by atoms with E-state index in [0.717, 1.165) is 0 Å². The first-order valence-corrected chi connectivity index (χ1v) is 4.32. The lowest BCUT2D eigenvalue weighted by Gasteiger charge is -2.04. The van der Waals surface area contributed by atoms with Crippen LogP contribution in [0, 0.1) is 0 Å². The van der Waals surface area contributed by atoms with Gasteiger partial charge in [-0.2, -0.15) is 0 Å². The number of carboxylic acid groups (broad SMARTS) is 1. The number of aliphatic hydroxyl groups excluding tert-OH is 1. The third-order valence-corrected chi connectivity index (χ3v) is 2.56. The van der Waals surface area contributed by atoms with Crippen LogP contribution in [0.25, 0.3) is 0 Å². The highest BCUT2D eigenvalue weighted by Gasteiger charge is 2.20. The lowest BCUT2D eigenvalue weighted by molar-refractivity contribution is -0.156. The Bertz CT molecular complexity index is 191. The molecule has 0 saturated heterocycles. The van der Waals surface area contributed by atoms with Gasteiger partial charge in [-0.3, -0.25) is 4.79 Å². The molecule has 0 spiro atoms. The molecule has 0 aromatic carbocycles. The molecule has 0 rings (SSSR count). The van der Waals surface area contributed by atoms with Crippen LogP contribution in [0.5, 0.6) is 0 Å². The van der Waals surface area contributed by atoms with Gasteiger partial charge < -0.3 is 20.8 Å². The first kappa shape index (κ1) is 10.5. The topological polar surface area (TPSA) is 107 Å². The van der Waals surface area contributed by atoms with E-state index in [9.17, 15) is 9.69 Å². The molecule has 0 aliphatic rings. The van der Waals surface area contributed by atoms with Crippen molar-refractivity contribution in [1.82, 2.24) is 0 Å². The maximum Gasteiger partial charge on any atom is 0.328 e. The van der Waals surface area contributed by atoms with Gasteiger partial charge in [-0.05, 0) is 6.92 Å². The molecule has 11 heavy (non-hydrogen) atoms. The number of aliphatic carboxylic acids is 1. The maximum atomic E-state index is 10.8. The molecule has 6 heteroatoms. The molecule has 2 atom stereocenters. The minimum absolute atomic E-state index is 0.106. The number of aliphatic hydroxyl groups is 1.